The summed E-state index contributed by atoms with van der Waals surface area (Å²) >= 11 is 0. The molecular formula is C25H44N14O7. The second kappa shape index (κ2) is 18.1. The van der Waals surface area contributed by atoms with Crippen molar-refractivity contribution >= 4 is 47.4 Å². The molecule has 0 aromatic carbocycles. The van der Waals surface area contributed by atoms with Gasteiger partial charge in [0.2, 0.25) is 29.5 Å². The highest BCUT2D eigenvalue weighted by Gasteiger charge is 2.34. The summed E-state index contributed by atoms with van der Waals surface area (Å²) in [6.07, 6.45) is 2.01. The summed E-state index contributed by atoms with van der Waals surface area (Å²) in [5.41, 5.74) is 27.7. The average molecular weight is 653 g/mol. The Morgan fingerprint density at radius 1 is 1.04 bits per heavy atom. The molecule has 0 saturated carbocycles. The Balaban J connectivity index is 2.42. The van der Waals surface area contributed by atoms with Crippen LogP contribution in [0.1, 0.15) is 32.6 Å². The fraction of sp³-hybridized carbons (Fsp3) is 0.600. The highest BCUT2D eigenvalue weighted by atomic mass is 16.2. The topological polar surface area (TPSA) is 358 Å². The lowest BCUT2D eigenvalue weighted by Crippen LogP contribution is -2.63. The molecule has 2 aliphatic rings. The summed E-state index contributed by atoms with van der Waals surface area (Å²) in [7, 11) is 0. The summed E-state index contributed by atoms with van der Waals surface area (Å²) in [6.45, 7) is 1.08. The van der Waals surface area contributed by atoms with Crippen molar-refractivity contribution in [1.82, 2.24) is 42.5 Å². The van der Waals surface area contributed by atoms with Gasteiger partial charge < -0.3 is 71.2 Å². The maximum Gasteiger partial charge on any atom is 0.316 e. The first-order chi connectivity index (χ1) is 21.7. The van der Waals surface area contributed by atoms with Crippen LogP contribution in [-0.2, 0) is 28.8 Å². The number of carbonyl (C=O) groups excluding carboxylic acids is 7. The van der Waals surface area contributed by atoms with Crippen LogP contribution in [0.3, 0.4) is 0 Å². The van der Waals surface area contributed by atoms with Crippen LogP contribution < -0.4 is 71.2 Å². The van der Waals surface area contributed by atoms with E-state index in [0.29, 0.717) is 19.4 Å². The molecule has 0 aliphatic carbocycles. The molecule has 18 N–H and O–H groups in total. The first-order valence-electron chi connectivity index (χ1n) is 14.5. The van der Waals surface area contributed by atoms with Gasteiger partial charge in [0.05, 0.1) is 6.04 Å². The molecule has 8 amide bonds. The minimum atomic E-state index is -1.52. The molecule has 1 saturated heterocycles. The van der Waals surface area contributed by atoms with Crippen molar-refractivity contribution < 1.29 is 33.6 Å². The number of urea groups is 1. The summed E-state index contributed by atoms with van der Waals surface area (Å²) in [4.78, 5) is 93.7. The van der Waals surface area contributed by atoms with E-state index in [2.05, 4.69) is 47.5 Å². The van der Waals surface area contributed by atoms with Crippen LogP contribution >= 0.6 is 0 Å². The van der Waals surface area contributed by atoms with E-state index < -0.39 is 90.0 Å². The van der Waals surface area contributed by atoms with Gasteiger partial charge >= 0.3 is 6.03 Å². The molecule has 21 nitrogen and oxygen atoms in total. The molecule has 6 atom stereocenters. The molecule has 0 radical (unpaired) electrons. The van der Waals surface area contributed by atoms with Gasteiger partial charge in [-0.2, -0.15) is 0 Å². The minimum absolute atomic E-state index is 0.0101. The number of guanidine groups is 1. The highest BCUT2D eigenvalue weighted by molar-refractivity contribution is 6.02. The van der Waals surface area contributed by atoms with E-state index in [4.69, 9.17) is 28.7 Å². The largest absolute Gasteiger partial charge is 0.370 e. The van der Waals surface area contributed by atoms with E-state index in [9.17, 15) is 33.6 Å². The number of hydrogen-bond acceptors (Lipinski definition) is 13. The number of amides is 8. The normalized spacial score (nSPS) is 26.6. The Morgan fingerprint density at radius 2 is 1.76 bits per heavy atom. The number of hydrogen-bond donors (Lipinski definition) is 13. The number of nitrogens with two attached hydrogens (primary N) is 5. The van der Waals surface area contributed by atoms with Gasteiger partial charge in [0.15, 0.2) is 5.96 Å². The van der Waals surface area contributed by atoms with Crippen molar-refractivity contribution in [2.75, 3.05) is 26.2 Å². The van der Waals surface area contributed by atoms with Crippen molar-refractivity contribution in [2.45, 2.75) is 68.9 Å². The quantitative estimate of drug-likeness (QED) is 0.103. The third-order valence-electron chi connectivity index (χ3n) is 6.84. The molecule has 2 rings (SSSR count). The molecule has 0 bridgehead atoms. The van der Waals surface area contributed by atoms with Crippen LogP contribution in [0.5, 0.6) is 0 Å². The monoisotopic (exact) mass is 652 g/mol. The molecule has 0 aromatic heterocycles. The summed E-state index contributed by atoms with van der Waals surface area (Å²) < 4.78 is 0. The second-order valence-electron chi connectivity index (χ2n) is 10.7. The number of aliphatic imine (C=N–C) groups is 1. The first kappa shape index (κ1) is 37.2. The van der Waals surface area contributed by atoms with Gasteiger partial charge in [-0.3, -0.25) is 33.8 Å². The molecule has 46 heavy (non-hydrogen) atoms. The standard InChI is InChI=1S/C25H44N14O7/c1-11-19(41)36-15(9-32-17(40)7-12(27)3-2-5-26)21(43)37-16(10-34-25(30)46)22(44)39-18(14-4-6-31-24(29)38-14)23(45)33-8-13(28)20(42)35-11/h10-15,18H,2-9,26-28H2,1H3,(H,32,40)(H,33,45)(H,35,42)(H,36,41)(H,37,43)(H,39,44)(H3,29,31,38)(H3,30,34,46)/b16-10-/t11?,12?,13?,14-,15?,18?/m1/s1. The van der Waals surface area contributed by atoms with Gasteiger partial charge in [-0.1, -0.05) is 0 Å². The van der Waals surface area contributed by atoms with Crippen molar-refractivity contribution in [2.24, 2.45) is 33.7 Å². The molecule has 5 unspecified atom stereocenters. The van der Waals surface area contributed by atoms with Crippen molar-refractivity contribution in [1.29, 1.82) is 0 Å². The van der Waals surface area contributed by atoms with Crippen LogP contribution in [0.15, 0.2) is 16.9 Å². The molecule has 0 spiro atoms. The second-order valence-corrected chi connectivity index (χ2v) is 10.7. The van der Waals surface area contributed by atoms with Gasteiger partial charge in [0, 0.05) is 38.3 Å². The zero-order valence-electron chi connectivity index (χ0n) is 25.4. The fourth-order valence-corrected chi connectivity index (χ4v) is 4.28. The zero-order chi connectivity index (χ0) is 34.4. The van der Waals surface area contributed by atoms with Crippen molar-refractivity contribution in [3.63, 3.8) is 0 Å². The molecule has 1 fully saturated rings. The van der Waals surface area contributed by atoms with Crippen LogP contribution in [0.25, 0.3) is 0 Å². The van der Waals surface area contributed by atoms with E-state index in [1.807, 2.05) is 0 Å². The van der Waals surface area contributed by atoms with Crippen LogP contribution in [0.4, 0.5) is 4.79 Å². The maximum absolute atomic E-state index is 13.4. The van der Waals surface area contributed by atoms with Gasteiger partial charge in [0.1, 0.15) is 29.9 Å². The number of nitrogens with zero attached hydrogens (tertiary/aromatic N) is 1. The lowest BCUT2D eigenvalue weighted by Gasteiger charge is -2.31. The summed E-state index contributed by atoms with van der Waals surface area (Å²) in [5.74, 6) is -5.04. The summed E-state index contributed by atoms with van der Waals surface area (Å²) in [6, 6.07) is -7.79. The van der Waals surface area contributed by atoms with E-state index in [-0.39, 0.29) is 31.9 Å². The highest BCUT2D eigenvalue weighted by Crippen LogP contribution is 2.07. The Morgan fingerprint density at radius 3 is 2.41 bits per heavy atom. The minimum Gasteiger partial charge on any atom is -0.370 e. The molecule has 2 aliphatic heterocycles. The molecular weight excluding hydrogens is 608 g/mol. The van der Waals surface area contributed by atoms with Gasteiger partial charge in [-0.15, -0.1) is 0 Å². The van der Waals surface area contributed by atoms with Crippen molar-refractivity contribution in [3.05, 3.63) is 11.9 Å². The number of carbonyl (C=O) groups is 7. The average Bonchev–Trinajstić information content (AvgIpc) is 3.00. The van der Waals surface area contributed by atoms with E-state index in [1.54, 1.807) is 0 Å². The zero-order valence-corrected chi connectivity index (χ0v) is 25.4. The molecule has 2 heterocycles. The molecule has 21 heteroatoms. The van der Waals surface area contributed by atoms with Crippen LogP contribution in [0, 0.1) is 0 Å². The third-order valence-corrected chi connectivity index (χ3v) is 6.84. The smallest absolute Gasteiger partial charge is 0.316 e. The van der Waals surface area contributed by atoms with Gasteiger partial charge in [-0.05, 0) is 32.7 Å². The predicted molar refractivity (Wildman–Crippen MR) is 163 cm³/mol. The number of nitrogens with one attached hydrogen (secondary N) is 8. The Bertz CT molecular complexity index is 1230. The van der Waals surface area contributed by atoms with E-state index in [0.717, 1.165) is 6.20 Å². The third kappa shape index (κ3) is 12.2. The molecule has 0 aromatic rings. The Hall–Kier alpha value is -5.02. The Labute approximate surface area is 264 Å². The fourth-order valence-electron chi connectivity index (χ4n) is 4.28. The van der Waals surface area contributed by atoms with Crippen molar-refractivity contribution in [3.8, 4) is 0 Å². The predicted octanol–water partition coefficient (Wildman–Crippen LogP) is -7.21. The number of rotatable bonds is 9. The lowest BCUT2D eigenvalue weighted by atomic mass is 10.0. The van der Waals surface area contributed by atoms with E-state index in [1.165, 1.54) is 6.92 Å². The van der Waals surface area contributed by atoms with Gasteiger partial charge in [-0.25, -0.2) is 4.79 Å². The first-order valence-corrected chi connectivity index (χ1v) is 14.5. The maximum atomic E-state index is 13.4. The van der Waals surface area contributed by atoms with E-state index >= 15 is 0 Å². The SMILES string of the molecule is CC1NC(=O)C(N)CNC(=O)C([C@H]2CCN=C(N)N2)NC(=O)/C(=C/NC(N)=O)NC(=O)C(CNC(=O)CC(N)CCCN)NC1=O. The van der Waals surface area contributed by atoms with Crippen LogP contribution in [-0.4, -0.2) is 110 Å². The molecule has 256 valence electrons. The van der Waals surface area contributed by atoms with Gasteiger partial charge in [0.25, 0.3) is 5.91 Å². The van der Waals surface area contributed by atoms with Crippen LogP contribution in [0.2, 0.25) is 0 Å². The lowest BCUT2D eigenvalue weighted by molar-refractivity contribution is -0.133. The number of primary amides is 1. The summed E-state index contributed by atoms with van der Waals surface area (Å²) in [5, 5.41) is 19.4. The Kier molecular flexibility index (Phi) is 14.6.